The van der Waals surface area contributed by atoms with E-state index in [0.717, 1.165) is 0 Å². The highest BCUT2D eigenvalue weighted by Gasteiger charge is 2.15. The van der Waals surface area contributed by atoms with Gasteiger partial charge in [0.15, 0.2) is 0 Å². The molecule has 0 amide bonds. The third kappa shape index (κ3) is 1.73. The van der Waals surface area contributed by atoms with Crippen molar-refractivity contribution in [2.45, 2.75) is 0 Å². The number of thiazole rings is 1. The van der Waals surface area contributed by atoms with Crippen LogP contribution in [0.15, 0.2) is 29.8 Å². The summed E-state index contributed by atoms with van der Waals surface area (Å²) in [7, 11) is 0. The lowest BCUT2D eigenvalue weighted by Gasteiger charge is -2.01. The Balaban J connectivity index is 2.59. The molecule has 0 spiro atoms. The summed E-state index contributed by atoms with van der Waals surface area (Å²) in [5.41, 5.74) is -0.104. The zero-order chi connectivity index (χ0) is 10.8. The molecule has 0 saturated carbocycles. The molecule has 0 bridgehead atoms. The van der Waals surface area contributed by atoms with E-state index in [-0.39, 0.29) is 11.1 Å². The molecular formula is C10H6FNO2S. The van der Waals surface area contributed by atoms with Crippen molar-refractivity contribution in [2.75, 3.05) is 0 Å². The monoisotopic (exact) mass is 223 g/mol. The van der Waals surface area contributed by atoms with Gasteiger partial charge in [0.1, 0.15) is 10.8 Å². The molecule has 0 aliphatic rings. The van der Waals surface area contributed by atoms with Gasteiger partial charge < -0.3 is 5.11 Å². The summed E-state index contributed by atoms with van der Waals surface area (Å²) in [4.78, 5) is 14.6. The number of aromatic nitrogens is 1. The van der Waals surface area contributed by atoms with Crippen LogP contribution in [0, 0.1) is 5.82 Å². The van der Waals surface area contributed by atoms with Crippen LogP contribution in [-0.2, 0) is 0 Å². The van der Waals surface area contributed by atoms with Crippen LogP contribution in [0.3, 0.4) is 0 Å². The zero-order valence-corrected chi connectivity index (χ0v) is 8.29. The predicted molar refractivity (Wildman–Crippen MR) is 54.5 cm³/mol. The van der Waals surface area contributed by atoms with Gasteiger partial charge in [-0.25, -0.2) is 14.2 Å². The van der Waals surface area contributed by atoms with Gasteiger partial charge >= 0.3 is 5.97 Å². The highest BCUT2D eigenvalue weighted by molar-refractivity contribution is 7.13. The first kappa shape index (κ1) is 9.79. The third-order valence-corrected chi connectivity index (χ3v) is 2.70. The smallest absolute Gasteiger partial charge is 0.338 e. The van der Waals surface area contributed by atoms with E-state index in [1.54, 1.807) is 11.6 Å². The summed E-state index contributed by atoms with van der Waals surface area (Å²) in [5, 5.41) is 10.9. The summed E-state index contributed by atoms with van der Waals surface area (Å²) >= 11 is 1.27. The molecule has 1 heterocycles. The first-order valence-electron chi connectivity index (χ1n) is 4.12. The topological polar surface area (TPSA) is 50.2 Å². The molecule has 0 aliphatic carbocycles. The van der Waals surface area contributed by atoms with Crippen molar-refractivity contribution in [1.82, 2.24) is 4.98 Å². The van der Waals surface area contributed by atoms with E-state index in [9.17, 15) is 9.18 Å². The largest absolute Gasteiger partial charge is 0.478 e. The number of aromatic carboxylic acids is 1. The Hall–Kier alpha value is -1.75. The van der Waals surface area contributed by atoms with Crippen LogP contribution in [0.4, 0.5) is 4.39 Å². The molecule has 0 unspecified atom stereocenters. The summed E-state index contributed by atoms with van der Waals surface area (Å²) in [6.07, 6.45) is 1.55. The highest BCUT2D eigenvalue weighted by Crippen LogP contribution is 2.26. The molecule has 0 radical (unpaired) electrons. The van der Waals surface area contributed by atoms with E-state index < -0.39 is 11.8 Å². The molecule has 2 aromatic rings. The van der Waals surface area contributed by atoms with E-state index in [4.69, 9.17) is 5.11 Å². The fraction of sp³-hybridized carbons (Fsp3) is 0. The second-order valence-corrected chi connectivity index (χ2v) is 3.70. The first-order valence-corrected chi connectivity index (χ1v) is 5.00. The van der Waals surface area contributed by atoms with E-state index in [1.807, 2.05) is 0 Å². The molecule has 0 atom stereocenters. The molecule has 76 valence electrons. The molecule has 3 nitrogen and oxygen atoms in total. The van der Waals surface area contributed by atoms with Gasteiger partial charge in [-0.2, -0.15) is 0 Å². The van der Waals surface area contributed by atoms with E-state index in [1.165, 1.54) is 29.5 Å². The minimum absolute atomic E-state index is 0.227. The fourth-order valence-electron chi connectivity index (χ4n) is 1.22. The number of hydrogen-bond donors (Lipinski definition) is 1. The zero-order valence-electron chi connectivity index (χ0n) is 7.48. The van der Waals surface area contributed by atoms with Gasteiger partial charge in [-0.15, -0.1) is 11.3 Å². The van der Waals surface area contributed by atoms with Crippen molar-refractivity contribution in [3.63, 3.8) is 0 Å². The number of hydrogen-bond acceptors (Lipinski definition) is 3. The Morgan fingerprint density at radius 2 is 2.27 bits per heavy atom. The number of benzene rings is 1. The standard InChI is InChI=1S/C10H6FNO2S/c11-8-6(9-12-4-5-15-9)2-1-3-7(8)10(13)14/h1-5H,(H,13,14). The van der Waals surface area contributed by atoms with Crippen molar-refractivity contribution >= 4 is 17.3 Å². The average Bonchev–Trinajstić information content (AvgIpc) is 2.70. The maximum Gasteiger partial charge on any atom is 0.338 e. The first-order chi connectivity index (χ1) is 7.20. The number of nitrogens with zero attached hydrogens (tertiary/aromatic N) is 1. The molecule has 15 heavy (non-hydrogen) atoms. The SMILES string of the molecule is O=C(O)c1cccc(-c2nccs2)c1F. The van der Waals surface area contributed by atoms with Crippen LogP contribution in [0.2, 0.25) is 0 Å². The van der Waals surface area contributed by atoms with Crippen molar-refractivity contribution in [2.24, 2.45) is 0 Å². The second-order valence-electron chi connectivity index (χ2n) is 2.81. The average molecular weight is 223 g/mol. The highest BCUT2D eigenvalue weighted by atomic mass is 32.1. The van der Waals surface area contributed by atoms with Crippen LogP contribution >= 0.6 is 11.3 Å². The van der Waals surface area contributed by atoms with Crippen LogP contribution in [-0.4, -0.2) is 16.1 Å². The summed E-state index contributed by atoms with van der Waals surface area (Å²) in [5.74, 6) is -2.01. The van der Waals surface area contributed by atoms with Gasteiger partial charge in [0.25, 0.3) is 0 Å². The van der Waals surface area contributed by atoms with Crippen molar-refractivity contribution in [1.29, 1.82) is 0 Å². The maximum absolute atomic E-state index is 13.7. The number of halogens is 1. The summed E-state index contributed by atoms with van der Waals surface area (Å²) in [6, 6.07) is 4.25. The van der Waals surface area contributed by atoms with Gasteiger partial charge in [-0.3, -0.25) is 0 Å². The second kappa shape index (κ2) is 3.78. The molecule has 0 saturated heterocycles. The number of carbonyl (C=O) groups is 1. The molecule has 1 aromatic carbocycles. The van der Waals surface area contributed by atoms with E-state index in [0.29, 0.717) is 5.01 Å². The quantitative estimate of drug-likeness (QED) is 0.851. The lowest BCUT2D eigenvalue weighted by Crippen LogP contribution is -2.01. The Morgan fingerprint density at radius 3 is 2.87 bits per heavy atom. The Kier molecular flexibility index (Phi) is 2.47. The number of carboxylic acids is 1. The van der Waals surface area contributed by atoms with Crippen LogP contribution in [0.25, 0.3) is 10.6 Å². The molecule has 1 aromatic heterocycles. The molecule has 1 N–H and O–H groups in total. The third-order valence-electron chi connectivity index (χ3n) is 1.89. The molecule has 0 aliphatic heterocycles. The molecular weight excluding hydrogens is 217 g/mol. The maximum atomic E-state index is 13.7. The van der Waals surface area contributed by atoms with Gasteiger partial charge in [0.05, 0.1) is 5.56 Å². The minimum atomic E-state index is -1.27. The Morgan fingerprint density at radius 1 is 1.47 bits per heavy atom. The van der Waals surface area contributed by atoms with Crippen LogP contribution < -0.4 is 0 Å². The fourth-order valence-corrected chi connectivity index (χ4v) is 1.88. The summed E-state index contributed by atoms with van der Waals surface area (Å²) in [6.45, 7) is 0. The van der Waals surface area contributed by atoms with Gasteiger partial charge in [-0.05, 0) is 12.1 Å². The summed E-state index contributed by atoms with van der Waals surface area (Å²) < 4.78 is 13.7. The number of rotatable bonds is 2. The predicted octanol–water partition coefficient (Wildman–Crippen LogP) is 2.65. The normalized spacial score (nSPS) is 10.2. The van der Waals surface area contributed by atoms with Gasteiger partial charge in [0.2, 0.25) is 0 Å². The van der Waals surface area contributed by atoms with Gasteiger partial charge in [-0.1, -0.05) is 6.07 Å². The number of carboxylic acid groups (broad SMARTS) is 1. The Bertz CT molecular complexity index is 496. The molecule has 0 fully saturated rings. The van der Waals surface area contributed by atoms with E-state index >= 15 is 0 Å². The Labute approximate surface area is 88.8 Å². The molecule has 2 rings (SSSR count). The van der Waals surface area contributed by atoms with Crippen molar-refractivity contribution in [3.05, 3.63) is 41.2 Å². The lowest BCUT2D eigenvalue weighted by molar-refractivity contribution is 0.0692. The lowest BCUT2D eigenvalue weighted by atomic mass is 10.1. The van der Waals surface area contributed by atoms with Crippen LogP contribution in [0.5, 0.6) is 0 Å². The minimum Gasteiger partial charge on any atom is -0.478 e. The van der Waals surface area contributed by atoms with Crippen LogP contribution in [0.1, 0.15) is 10.4 Å². The van der Waals surface area contributed by atoms with Gasteiger partial charge in [0, 0.05) is 17.1 Å². The van der Waals surface area contributed by atoms with Crippen molar-refractivity contribution < 1.29 is 14.3 Å². The van der Waals surface area contributed by atoms with Crippen molar-refractivity contribution in [3.8, 4) is 10.6 Å². The molecule has 5 heteroatoms. The van der Waals surface area contributed by atoms with E-state index in [2.05, 4.69) is 4.98 Å².